The Morgan fingerprint density at radius 2 is 1.65 bits per heavy atom. The molecule has 2 heteroatoms. The molecule has 0 radical (unpaired) electrons. The maximum absolute atomic E-state index is 10.5. The molecule has 2 nitrogen and oxygen atoms in total. The van der Waals surface area contributed by atoms with Gasteiger partial charge in [-0.2, -0.15) is 0 Å². The summed E-state index contributed by atoms with van der Waals surface area (Å²) < 4.78 is 0. The Hall–Kier alpha value is -1.15. The van der Waals surface area contributed by atoms with Crippen LogP contribution in [0.1, 0.15) is 39.7 Å². The smallest absolute Gasteiger partial charge is 0.136 e. The Labute approximate surface area is 106 Å². The lowest BCUT2D eigenvalue weighted by atomic mass is 10.1. The largest absolute Gasteiger partial charge is 0.311 e. The number of aryl methyl sites for hydroxylation is 1. The fourth-order valence-corrected chi connectivity index (χ4v) is 1.25. The van der Waals surface area contributed by atoms with Crippen LogP contribution >= 0.6 is 0 Å². The maximum atomic E-state index is 10.5. The number of hydrogen-bond donors (Lipinski definition) is 1. The van der Waals surface area contributed by atoms with Gasteiger partial charge in [0.1, 0.15) is 6.29 Å². The molecule has 98 valence electrons. The summed E-state index contributed by atoms with van der Waals surface area (Å²) in [5, 5.41) is 2.95. The van der Waals surface area contributed by atoms with E-state index in [9.17, 15) is 4.79 Å². The van der Waals surface area contributed by atoms with Gasteiger partial charge in [0, 0.05) is 0 Å². The van der Waals surface area contributed by atoms with E-state index >= 15 is 0 Å². The molecule has 0 aromatic heterocycles. The highest BCUT2D eigenvalue weighted by Gasteiger charge is 2.02. The Morgan fingerprint density at radius 1 is 1.12 bits per heavy atom. The molecule has 1 aromatic rings. The first-order valence-electron chi connectivity index (χ1n) is 6.53. The number of likely N-dealkylation sites (N-methyl/N-ethyl adjacent to an activating group) is 1. The lowest BCUT2D eigenvalue weighted by molar-refractivity contribution is -0.109. The summed E-state index contributed by atoms with van der Waals surface area (Å²) in [6, 6.07) is 10.2. The molecule has 0 aliphatic carbocycles. The Kier molecular flexibility index (Phi) is 15.9. The molecule has 1 rings (SSSR count). The van der Waals surface area contributed by atoms with Gasteiger partial charge in [-0.3, -0.25) is 0 Å². The van der Waals surface area contributed by atoms with Gasteiger partial charge in [-0.15, -0.1) is 0 Å². The van der Waals surface area contributed by atoms with Crippen molar-refractivity contribution in [3.8, 4) is 0 Å². The number of benzene rings is 1. The molecular formula is C15H27NO. The monoisotopic (exact) mass is 237 g/mol. The number of nitrogens with one attached hydrogen (secondary N) is 1. The first kappa shape index (κ1) is 18.2. The van der Waals surface area contributed by atoms with Gasteiger partial charge in [-0.25, -0.2) is 0 Å². The summed E-state index contributed by atoms with van der Waals surface area (Å²) in [5.41, 5.74) is 1.28. The van der Waals surface area contributed by atoms with Crippen LogP contribution in [0, 0.1) is 0 Å². The minimum absolute atomic E-state index is 0.0137. The lowest BCUT2D eigenvalue weighted by Gasteiger charge is -2.07. The van der Waals surface area contributed by atoms with Crippen LogP contribution in [0.4, 0.5) is 0 Å². The molecule has 17 heavy (non-hydrogen) atoms. The lowest BCUT2D eigenvalue weighted by Crippen LogP contribution is -2.26. The fourth-order valence-electron chi connectivity index (χ4n) is 1.25. The summed E-state index contributed by atoms with van der Waals surface area (Å²) in [4.78, 5) is 10.5. The van der Waals surface area contributed by atoms with Gasteiger partial charge in [0.05, 0.1) is 6.04 Å². The van der Waals surface area contributed by atoms with Crippen molar-refractivity contribution in [1.29, 1.82) is 0 Å². The molecule has 1 atom stereocenters. The van der Waals surface area contributed by atoms with E-state index in [0.717, 1.165) is 19.1 Å². The average molecular weight is 237 g/mol. The zero-order valence-corrected chi connectivity index (χ0v) is 11.9. The van der Waals surface area contributed by atoms with E-state index in [0.29, 0.717) is 0 Å². The molecule has 1 aromatic carbocycles. The third-order valence-electron chi connectivity index (χ3n) is 2.12. The number of hydrogen-bond acceptors (Lipinski definition) is 2. The topological polar surface area (TPSA) is 29.1 Å². The van der Waals surface area contributed by atoms with Crippen molar-refractivity contribution >= 4 is 6.29 Å². The first-order chi connectivity index (χ1) is 8.36. The predicted molar refractivity (Wildman–Crippen MR) is 76.4 cm³/mol. The van der Waals surface area contributed by atoms with Gasteiger partial charge < -0.3 is 10.1 Å². The normalized spacial score (nSPS) is 10.2. The van der Waals surface area contributed by atoms with Crippen LogP contribution in [0.15, 0.2) is 30.3 Å². The number of carbonyl (C=O) groups is 1. The van der Waals surface area contributed by atoms with Crippen LogP contribution in [0.25, 0.3) is 0 Å². The molecule has 0 amide bonds. The summed E-state index contributed by atoms with van der Waals surface area (Å²) in [7, 11) is 1.81. The average Bonchev–Trinajstić information content (AvgIpc) is 2.45. The molecule has 1 unspecified atom stereocenters. The van der Waals surface area contributed by atoms with Gasteiger partial charge in [0.2, 0.25) is 0 Å². The Morgan fingerprint density at radius 3 is 2.06 bits per heavy atom. The number of aldehydes is 1. The quantitative estimate of drug-likeness (QED) is 0.795. The molecule has 0 saturated carbocycles. The molecule has 0 fully saturated rings. The Bertz CT molecular complexity index is 246. The van der Waals surface area contributed by atoms with E-state index in [2.05, 4.69) is 17.4 Å². The predicted octanol–water partition coefficient (Wildman–Crippen LogP) is 3.46. The number of rotatable bonds is 5. The van der Waals surface area contributed by atoms with Crippen molar-refractivity contribution in [1.82, 2.24) is 5.32 Å². The third-order valence-corrected chi connectivity index (χ3v) is 2.12. The van der Waals surface area contributed by atoms with Crippen LogP contribution in [0.2, 0.25) is 0 Å². The second-order valence-electron chi connectivity index (χ2n) is 3.06. The van der Waals surface area contributed by atoms with Gasteiger partial charge in [0.15, 0.2) is 0 Å². The second-order valence-corrected chi connectivity index (χ2v) is 3.06. The Balaban J connectivity index is 0. The fraction of sp³-hybridized carbons (Fsp3) is 0.533. The molecule has 0 saturated heterocycles. The van der Waals surface area contributed by atoms with E-state index in [4.69, 9.17) is 0 Å². The molecule has 0 heterocycles. The van der Waals surface area contributed by atoms with Crippen LogP contribution in [0.5, 0.6) is 0 Å². The maximum Gasteiger partial charge on any atom is 0.136 e. The minimum Gasteiger partial charge on any atom is -0.311 e. The molecule has 0 spiro atoms. The third kappa shape index (κ3) is 9.76. The summed E-state index contributed by atoms with van der Waals surface area (Å²) in [5.74, 6) is 0. The highest BCUT2D eigenvalue weighted by Crippen LogP contribution is 2.03. The van der Waals surface area contributed by atoms with Gasteiger partial charge in [-0.05, 0) is 25.5 Å². The van der Waals surface area contributed by atoms with E-state index in [1.165, 1.54) is 5.56 Å². The standard InChI is InChI=1S/C11H15NO.2C2H6/c1-12-11(9-13)8-7-10-5-3-2-4-6-10;2*1-2/h2-6,9,11-12H,7-8H2,1H3;2*1-2H3. The molecule has 0 aliphatic heterocycles. The highest BCUT2D eigenvalue weighted by atomic mass is 16.1. The summed E-state index contributed by atoms with van der Waals surface area (Å²) >= 11 is 0. The van der Waals surface area contributed by atoms with E-state index < -0.39 is 0 Å². The van der Waals surface area contributed by atoms with Crippen molar-refractivity contribution in [2.45, 2.75) is 46.6 Å². The van der Waals surface area contributed by atoms with Crippen LogP contribution < -0.4 is 5.32 Å². The van der Waals surface area contributed by atoms with Gasteiger partial charge >= 0.3 is 0 Å². The first-order valence-corrected chi connectivity index (χ1v) is 6.53. The highest BCUT2D eigenvalue weighted by molar-refractivity contribution is 5.57. The van der Waals surface area contributed by atoms with E-state index in [1.807, 2.05) is 52.9 Å². The molecule has 0 aliphatic rings. The summed E-state index contributed by atoms with van der Waals surface area (Å²) in [6.45, 7) is 8.00. The number of carbonyl (C=O) groups excluding carboxylic acids is 1. The van der Waals surface area contributed by atoms with Gasteiger partial charge in [0.25, 0.3) is 0 Å². The van der Waals surface area contributed by atoms with Crippen molar-refractivity contribution in [2.75, 3.05) is 7.05 Å². The van der Waals surface area contributed by atoms with Crippen molar-refractivity contribution in [2.24, 2.45) is 0 Å². The van der Waals surface area contributed by atoms with Gasteiger partial charge in [-0.1, -0.05) is 58.0 Å². The zero-order valence-electron chi connectivity index (χ0n) is 11.9. The zero-order chi connectivity index (χ0) is 13.5. The molecule has 0 bridgehead atoms. The molecular weight excluding hydrogens is 210 g/mol. The van der Waals surface area contributed by atoms with Crippen LogP contribution in [-0.4, -0.2) is 19.4 Å². The minimum atomic E-state index is -0.0137. The van der Waals surface area contributed by atoms with Crippen molar-refractivity contribution in [3.05, 3.63) is 35.9 Å². The van der Waals surface area contributed by atoms with Crippen LogP contribution in [-0.2, 0) is 11.2 Å². The van der Waals surface area contributed by atoms with Crippen molar-refractivity contribution < 1.29 is 4.79 Å². The SMILES string of the molecule is CC.CC.CNC(C=O)CCc1ccccc1. The van der Waals surface area contributed by atoms with E-state index in [-0.39, 0.29) is 6.04 Å². The van der Waals surface area contributed by atoms with E-state index in [1.54, 1.807) is 0 Å². The second kappa shape index (κ2) is 14.8. The van der Waals surface area contributed by atoms with Crippen LogP contribution in [0.3, 0.4) is 0 Å². The summed E-state index contributed by atoms with van der Waals surface area (Å²) in [6.07, 6.45) is 2.78. The molecule has 1 N–H and O–H groups in total. The van der Waals surface area contributed by atoms with Crippen molar-refractivity contribution in [3.63, 3.8) is 0 Å².